The Labute approximate surface area is 251 Å². The second-order valence-electron chi connectivity index (χ2n) is 9.49. The second kappa shape index (κ2) is 13.7. The third-order valence-electron chi connectivity index (χ3n) is 6.50. The second-order valence-corrected chi connectivity index (χ2v) is 11.4. The van der Waals surface area contributed by atoms with Gasteiger partial charge in [0.05, 0.1) is 30.5 Å². The highest BCUT2D eigenvalue weighted by Gasteiger charge is 2.29. The van der Waals surface area contributed by atoms with Crippen molar-refractivity contribution >= 4 is 38.9 Å². The Balaban J connectivity index is 1.52. The number of nitrogens with zero attached hydrogens (tertiary/aromatic N) is 2. The highest BCUT2D eigenvalue weighted by Crippen LogP contribution is 2.35. The van der Waals surface area contributed by atoms with Crippen molar-refractivity contribution in [3.8, 4) is 11.5 Å². The molecule has 43 heavy (non-hydrogen) atoms. The van der Waals surface area contributed by atoms with Gasteiger partial charge in [-0.3, -0.25) is 13.9 Å². The molecule has 0 bridgehead atoms. The number of hydrazone groups is 1. The molecule has 4 aromatic rings. The average Bonchev–Trinajstić information content (AvgIpc) is 3.03. The lowest BCUT2D eigenvalue weighted by molar-refractivity contribution is -0.119. The van der Waals surface area contributed by atoms with Crippen LogP contribution in [0.4, 0.5) is 11.4 Å². The van der Waals surface area contributed by atoms with Gasteiger partial charge in [-0.2, -0.15) is 5.10 Å². The molecule has 0 unspecified atom stereocenters. The number of nitrogens with one attached hydrogen (secondary N) is 2. The summed E-state index contributed by atoms with van der Waals surface area (Å²) in [4.78, 5) is 25.5. The zero-order valence-corrected chi connectivity index (χ0v) is 25.0. The number of benzene rings is 4. The molecule has 0 heterocycles. The van der Waals surface area contributed by atoms with E-state index < -0.39 is 22.5 Å². The van der Waals surface area contributed by atoms with Gasteiger partial charge in [0.25, 0.3) is 21.8 Å². The number of hydrogen-bond acceptors (Lipinski definition) is 7. The van der Waals surface area contributed by atoms with Crippen molar-refractivity contribution in [2.24, 2.45) is 5.10 Å². The molecule has 0 aromatic heterocycles. The van der Waals surface area contributed by atoms with E-state index >= 15 is 0 Å². The monoisotopic (exact) mass is 600 g/mol. The van der Waals surface area contributed by atoms with E-state index in [2.05, 4.69) is 15.8 Å². The van der Waals surface area contributed by atoms with Gasteiger partial charge in [0, 0.05) is 17.3 Å². The predicted molar refractivity (Wildman–Crippen MR) is 166 cm³/mol. The maximum absolute atomic E-state index is 13.8. The predicted octanol–water partition coefficient (Wildman–Crippen LogP) is 5.00. The molecule has 10 nitrogen and oxygen atoms in total. The minimum absolute atomic E-state index is 0.0166. The molecule has 0 saturated carbocycles. The van der Waals surface area contributed by atoms with E-state index in [0.717, 1.165) is 9.87 Å². The summed E-state index contributed by atoms with van der Waals surface area (Å²) in [6.45, 7) is 2.98. The number of hydrogen-bond donors (Lipinski definition) is 2. The Hall–Kier alpha value is -5.16. The first-order valence-corrected chi connectivity index (χ1v) is 14.7. The zero-order chi connectivity index (χ0) is 31.0. The normalized spacial score (nSPS) is 11.4. The molecule has 0 aliphatic carbocycles. The van der Waals surface area contributed by atoms with Crippen molar-refractivity contribution in [3.63, 3.8) is 0 Å². The van der Waals surface area contributed by atoms with Crippen LogP contribution in [0.3, 0.4) is 0 Å². The van der Waals surface area contributed by atoms with Gasteiger partial charge in [-0.1, -0.05) is 48.0 Å². The lowest BCUT2D eigenvalue weighted by Gasteiger charge is -2.25. The minimum atomic E-state index is -4.18. The van der Waals surface area contributed by atoms with Gasteiger partial charge in [0.15, 0.2) is 0 Å². The number of methoxy groups -OCH3 is 2. The number of anilines is 2. The standard InChI is InChI=1S/C32H32N4O6S/c1-22-10-17-28(18-11-22)43(39,40)36(29-19-16-27(41-3)20-30(29)42-4)21-31(37)35-34-23(2)24-12-14-26(15-13-24)33-32(38)25-8-6-5-7-9-25/h5-20H,21H2,1-4H3,(H,33,38)(H,35,37)/b34-23-. The lowest BCUT2D eigenvalue weighted by Crippen LogP contribution is -2.40. The van der Waals surface area contributed by atoms with Gasteiger partial charge >= 0.3 is 0 Å². The largest absolute Gasteiger partial charge is 0.497 e. The Morgan fingerprint density at radius 3 is 2.14 bits per heavy atom. The lowest BCUT2D eigenvalue weighted by atomic mass is 10.1. The summed E-state index contributed by atoms with van der Waals surface area (Å²) >= 11 is 0. The van der Waals surface area contributed by atoms with Gasteiger partial charge in [-0.15, -0.1) is 0 Å². The molecule has 0 aliphatic heterocycles. The summed E-state index contributed by atoms with van der Waals surface area (Å²) in [5, 5.41) is 7.00. The number of sulfonamides is 1. The van der Waals surface area contributed by atoms with E-state index in [1.165, 1.54) is 32.4 Å². The number of carbonyl (C=O) groups is 2. The first kappa shape index (κ1) is 30.8. The molecule has 0 saturated heterocycles. The maximum atomic E-state index is 13.8. The quantitative estimate of drug-likeness (QED) is 0.184. The molecule has 0 aliphatic rings. The van der Waals surface area contributed by atoms with Gasteiger partial charge in [0.2, 0.25) is 0 Å². The Bertz CT molecular complexity index is 1720. The summed E-state index contributed by atoms with van der Waals surface area (Å²) < 4.78 is 39.2. The fraction of sp³-hybridized carbons (Fsp3) is 0.156. The van der Waals surface area contributed by atoms with E-state index in [1.54, 1.807) is 79.7 Å². The van der Waals surface area contributed by atoms with Crippen LogP contribution in [0.1, 0.15) is 28.4 Å². The molecule has 4 rings (SSSR count). The van der Waals surface area contributed by atoms with Gasteiger partial charge in [-0.05, 0) is 67.9 Å². The fourth-order valence-corrected chi connectivity index (χ4v) is 5.52. The summed E-state index contributed by atoms with van der Waals surface area (Å²) in [7, 11) is -1.29. The highest BCUT2D eigenvalue weighted by molar-refractivity contribution is 7.92. The van der Waals surface area contributed by atoms with Crippen LogP contribution in [0.25, 0.3) is 0 Å². The summed E-state index contributed by atoms with van der Waals surface area (Å²) in [5.41, 5.74) is 5.81. The third-order valence-corrected chi connectivity index (χ3v) is 8.27. The van der Waals surface area contributed by atoms with Gasteiger partial charge in [0.1, 0.15) is 18.0 Å². The Morgan fingerprint density at radius 2 is 1.51 bits per heavy atom. The molecule has 222 valence electrons. The summed E-state index contributed by atoms with van der Waals surface area (Å²) in [6.07, 6.45) is 0. The first-order valence-electron chi connectivity index (χ1n) is 13.2. The van der Waals surface area contributed by atoms with Crippen LogP contribution >= 0.6 is 0 Å². The molecule has 0 atom stereocenters. The molecular weight excluding hydrogens is 568 g/mol. The maximum Gasteiger partial charge on any atom is 0.264 e. The van der Waals surface area contributed by atoms with Crippen molar-refractivity contribution in [1.29, 1.82) is 0 Å². The number of ether oxygens (including phenoxy) is 2. The Kier molecular flexibility index (Phi) is 9.79. The SMILES string of the molecule is COc1ccc(N(CC(=O)N/N=C(/C)c2ccc(NC(=O)c3ccccc3)cc2)S(=O)(=O)c2ccc(C)cc2)c(OC)c1. The number of carbonyl (C=O) groups excluding carboxylic acids is 2. The van der Waals surface area contributed by atoms with Crippen LogP contribution in [0.15, 0.2) is 107 Å². The minimum Gasteiger partial charge on any atom is -0.497 e. The van der Waals surface area contributed by atoms with E-state index in [9.17, 15) is 18.0 Å². The van der Waals surface area contributed by atoms with Crippen LogP contribution < -0.4 is 24.5 Å². The van der Waals surface area contributed by atoms with Crippen LogP contribution in [-0.4, -0.2) is 46.7 Å². The molecule has 11 heteroatoms. The van der Waals surface area contributed by atoms with Crippen LogP contribution in [0, 0.1) is 6.92 Å². The zero-order valence-electron chi connectivity index (χ0n) is 24.2. The summed E-state index contributed by atoms with van der Waals surface area (Å²) in [5.74, 6) is -0.227. The van der Waals surface area contributed by atoms with Crippen molar-refractivity contribution in [2.75, 3.05) is 30.4 Å². The van der Waals surface area contributed by atoms with Crippen molar-refractivity contribution < 1.29 is 27.5 Å². The molecule has 2 amide bonds. The molecule has 0 radical (unpaired) electrons. The van der Waals surface area contributed by atoms with Crippen LogP contribution in [-0.2, 0) is 14.8 Å². The third kappa shape index (κ3) is 7.57. The number of rotatable bonds is 11. The smallest absolute Gasteiger partial charge is 0.264 e. The molecule has 0 spiro atoms. The average molecular weight is 601 g/mol. The molecule has 4 aromatic carbocycles. The van der Waals surface area contributed by atoms with Crippen molar-refractivity contribution in [3.05, 3.63) is 114 Å². The Morgan fingerprint density at radius 1 is 0.837 bits per heavy atom. The highest BCUT2D eigenvalue weighted by atomic mass is 32.2. The molecular formula is C32H32N4O6S. The van der Waals surface area contributed by atoms with Crippen LogP contribution in [0.2, 0.25) is 0 Å². The van der Waals surface area contributed by atoms with E-state index in [1.807, 2.05) is 13.0 Å². The van der Waals surface area contributed by atoms with Crippen molar-refractivity contribution in [2.45, 2.75) is 18.7 Å². The van der Waals surface area contributed by atoms with Crippen molar-refractivity contribution in [1.82, 2.24) is 5.43 Å². The van der Waals surface area contributed by atoms with E-state index in [4.69, 9.17) is 9.47 Å². The van der Waals surface area contributed by atoms with Gasteiger partial charge in [-0.25, -0.2) is 13.8 Å². The number of amides is 2. The fourth-order valence-electron chi connectivity index (χ4n) is 4.09. The topological polar surface area (TPSA) is 126 Å². The summed E-state index contributed by atoms with van der Waals surface area (Å²) in [6, 6.07) is 26.8. The molecule has 2 N–H and O–H groups in total. The van der Waals surface area contributed by atoms with E-state index in [-0.39, 0.29) is 22.2 Å². The first-order chi connectivity index (χ1) is 20.6. The van der Waals surface area contributed by atoms with E-state index in [0.29, 0.717) is 28.3 Å². The van der Waals surface area contributed by atoms with Gasteiger partial charge < -0.3 is 14.8 Å². The molecule has 0 fully saturated rings. The van der Waals surface area contributed by atoms with Crippen LogP contribution in [0.5, 0.6) is 11.5 Å². The number of aryl methyl sites for hydroxylation is 1.